The molecule has 2 atom stereocenters. The summed E-state index contributed by atoms with van der Waals surface area (Å²) in [4.78, 5) is 15.9. The highest BCUT2D eigenvalue weighted by molar-refractivity contribution is 6.02. The van der Waals surface area contributed by atoms with Crippen molar-refractivity contribution >= 4 is 17.1 Å². The summed E-state index contributed by atoms with van der Waals surface area (Å²) in [6, 6.07) is 5.34. The lowest BCUT2D eigenvalue weighted by molar-refractivity contribution is 0.1000. The average Bonchev–Trinajstić information content (AvgIpc) is 3.19. The number of hydrogen-bond acceptors (Lipinski definition) is 4. The molecule has 0 aromatic carbocycles. The van der Waals surface area contributed by atoms with Gasteiger partial charge in [0, 0.05) is 24.2 Å². The number of nitrogens with one attached hydrogen (secondary N) is 1. The first-order chi connectivity index (χ1) is 12.5. The molecule has 7 heteroatoms. The first kappa shape index (κ1) is 16.5. The van der Waals surface area contributed by atoms with E-state index in [1.165, 1.54) is 6.20 Å². The van der Waals surface area contributed by atoms with Crippen molar-refractivity contribution in [3.8, 4) is 11.1 Å². The minimum absolute atomic E-state index is 0.263. The van der Waals surface area contributed by atoms with Crippen LogP contribution in [0.25, 0.3) is 16.6 Å². The standard InChI is InChI=1S/C19H20FN5O/c1-19(20)6-2-3-16(19)24-17-14(18(21)26)10-23-25-11-13(9-15(17)25)12-4-7-22-8-5-12/h4-5,7-11,16,24H,2-3,6H2,1H3,(H2,21,26). The van der Waals surface area contributed by atoms with Crippen LogP contribution in [0.1, 0.15) is 36.5 Å². The number of carbonyl (C=O) groups excluding carboxylic acids is 1. The van der Waals surface area contributed by atoms with Gasteiger partial charge in [-0.1, -0.05) is 0 Å². The fourth-order valence-electron chi connectivity index (χ4n) is 3.62. The van der Waals surface area contributed by atoms with Gasteiger partial charge in [0.1, 0.15) is 5.67 Å². The normalized spacial score (nSPS) is 22.6. The van der Waals surface area contributed by atoms with Crippen LogP contribution in [0, 0.1) is 0 Å². The molecule has 1 aliphatic rings. The topological polar surface area (TPSA) is 85.3 Å². The molecule has 1 fully saturated rings. The van der Waals surface area contributed by atoms with Crippen LogP contribution >= 0.6 is 0 Å². The molecule has 3 N–H and O–H groups in total. The lowest BCUT2D eigenvalue weighted by Crippen LogP contribution is -2.36. The molecule has 3 aromatic heterocycles. The SMILES string of the molecule is CC1(F)CCCC1Nc1c(C(N)=O)cnn2cc(-c3ccncc3)cc12. The summed E-state index contributed by atoms with van der Waals surface area (Å²) in [6.45, 7) is 1.60. The molecular weight excluding hydrogens is 333 g/mol. The van der Waals surface area contributed by atoms with Gasteiger partial charge < -0.3 is 11.1 Å². The van der Waals surface area contributed by atoms with Crippen LogP contribution in [0.5, 0.6) is 0 Å². The Labute approximate surface area is 150 Å². The number of amides is 1. The second kappa shape index (κ2) is 6.09. The molecule has 4 rings (SSSR count). The summed E-state index contributed by atoms with van der Waals surface area (Å²) in [6.07, 6.45) is 8.74. The number of fused-ring (bicyclic) bond motifs is 1. The second-order valence-corrected chi connectivity index (χ2v) is 6.96. The van der Waals surface area contributed by atoms with E-state index in [1.54, 1.807) is 23.8 Å². The van der Waals surface area contributed by atoms with Crippen molar-refractivity contribution in [1.29, 1.82) is 0 Å². The van der Waals surface area contributed by atoms with E-state index in [0.29, 0.717) is 24.0 Å². The molecule has 1 aliphatic carbocycles. The van der Waals surface area contributed by atoms with Gasteiger partial charge in [-0.25, -0.2) is 8.91 Å². The number of alkyl halides is 1. The molecule has 1 saturated carbocycles. The number of rotatable bonds is 4. The van der Waals surface area contributed by atoms with Crippen LogP contribution in [0.15, 0.2) is 43.0 Å². The van der Waals surface area contributed by atoms with Gasteiger partial charge in [0.25, 0.3) is 5.91 Å². The zero-order chi connectivity index (χ0) is 18.3. The smallest absolute Gasteiger partial charge is 0.252 e. The highest BCUT2D eigenvalue weighted by atomic mass is 19.1. The summed E-state index contributed by atoms with van der Waals surface area (Å²) in [7, 11) is 0. The van der Waals surface area contributed by atoms with E-state index >= 15 is 0 Å². The van der Waals surface area contributed by atoms with Crippen molar-refractivity contribution in [2.24, 2.45) is 5.73 Å². The maximum absolute atomic E-state index is 14.8. The lowest BCUT2D eigenvalue weighted by Gasteiger charge is -2.26. The molecule has 0 radical (unpaired) electrons. The van der Waals surface area contributed by atoms with E-state index in [1.807, 2.05) is 24.4 Å². The largest absolute Gasteiger partial charge is 0.377 e. The third-order valence-corrected chi connectivity index (χ3v) is 5.12. The quantitative estimate of drug-likeness (QED) is 0.754. The van der Waals surface area contributed by atoms with E-state index in [0.717, 1.165) is 17.5 Å². The summed E-state index contributed by atoms with van der Waals surface area (Å²) in [5.41, 5.74) is 7.61. The first-order valence-corrected chi connectivity index (χ1v) is 8.63. The second-order valence-electron chi connectivity index (χ2n) is 6.96. The van der Waals surface area contributed by atoms with Crippen LogP contribution in [-0.4, -0.2) is 32.2 Å². The Morgan fingerprint density at radius 2 is 2.15 bits per heavy atom. The number of anilines is 1. The van der Waals surface area contributed by atoms with Crippen molar-refractivity contribution < 1.29 is 9.18 Å². The maximum Gasteiger partial charge on any atom is 0.252 e. The fraction of sp³-hybridized carbons (Fsp3) is 0.316. The molecule has 2 unspecified atom stereocenters. The number of halogens is 1. The van der Waals surface area contributed by atoms with Crippen molar-refractivity contribution in [2.75, 3.05) is 5.32 Å². The van der Waals surface area contributed by atoms with Crippen molar-refractivity contribution in [1.82, 2.24) is 14.6 Å². The van der Waals surface area contributed by atoms with E-state index in [9.17, 15) is 9.18 Å². The van der Waals surface area contributed by atoms with Gasteiger partial charge in [-0.2, -0.15) is 5.10 Å². The van der Waals surface area contributed by atoms with Gasteiger partial charge in [0.15, 0.2) is 0 Å². The molecule has 1 amide bonds. The summed E-state index contributed by atoms with van der Waals surface area (Å²) in [5, 5.41) is 7.53. The zero-order valence-corrected chi connectivity index (χ0v) is 14.4. The fourth-order valence-corrected chi connectivity index (χ4v) is 3.62. The van der Waals surface area contributed by atoms with Crippen molar-refractivity contribution in [2.45, 2.75) is 37.9 Å². The molecule has 0 aliphatic heterocycles. The van der Waals surface area contributed by atoms with Crippen molar-refractivity contribution in [3.63, 3.8) is 0 Å². The number of primary amides is 1. The van der Waals surface area contributed by atoms with E-state index < -0.39 is 11.6 Å². The number of aromatic nitrogens is 3. The van der Waals surface area contributed by atoms with Crippen molar-refractivity contribution in [3.05, 3.63) is 48.5 Å². The predicted octanol–water partition coefficient (Wildman–Crippen LogP) is 3.19. The Hall–Kier alpha value is -2.96. The minimum Gasteiger partial charge on any atom is -0.377 e. The minimum atomic E-state index is -1.32. The number of nitrogens with two attached hydrogens (primary N) is 1. The average molecular weight is 353 g/mol. The molecular formula is C19H20FN5O. The molecule has 6 nitrogen and oxygen atoms in total. The zero-order valence-electron chi connectivity index (χ0n) is 14.4. The van der Waals surface area contributed by atoms with Gasteiger partial charge in [-0.3, -0.25) is 9.78 Å². The van der Waals surface area contributed by atoms with Crippen LogP contribution < -0.4 is 11.1 Å². The van der Waals surface area contributed by atoms with Crippen LogP contribution in [0.2, 0.25) is 0 Å². The Bertz CT molecular complexity index is 967. The van der Waals surface area contributed by atoms with Crippen LogP contribution in [0.3, 0.4) is 0 Å². The Kier molecular flexibility index (Phi) is 3.86. The number of nitrogens with zero attached hydrogens (tertiary/aromatic N) is 3. The first-order valence-electron chi connectivity index (χ1n) is 8.63. The highest BCUT2D eigenvalue weighted by Crippen LogP contribution is 2.37. The van der Waals surface area contributed by atoms with E-state index in [2.05, 4.69) is 15.4 Å². The molecule has 3 aromatic rings. The summed E-state index contributed by atoms with van der Waals surface area (Å²) >= 11 is 0. The van der Waals surface area contributed by atoms with E-state index in [-0.39, 0.29) is 11.6 Å². The van der Waals surface area contributed by atoms with E-state index in [4.69, 9.17) is 5.73 Å². The molecule has 0 bridgehead atoms. The Morgan fingerprint density at radius 1 is 1.38 bits per heavy atom. The van der Waals surface area contributed by atoms with Crippen LogP contribution in [0.4, 0.5) is 10.1 Å². The van der Waals surface area contributed by atoms with Gasteiger partial charge in [0.2, 0.25) is 0 Å². The number of pyridine rings is 1. The molecule has 134 valence electrons. The lowest BCUT2D eigenvalue weighted by atomic mass is 10.0. The molecule has 3 heterocycles. The summed E-state index contributed by atoms with van der Waals surface area (Å²) < 4.78 is 16.4. The summed E-state index contributed by atoms with van der Waals surface area (Å²) in [5.74, 6) is -0.590. The highest BCUT2D eigenvalue weighted by Gasteiger charge is 2.39. The predicted molar refractivity (Wildman–Crippen MR) is 97.7 cm³/mol. The third-order valence-electron chi connectivity index (χ3n) is 5.12. The third kappa shape index (κ3) is 2.79. The molecule has 26 heavy (non-hydrogen) atoms. The molecule has 0 saturated heterocycles. The van der Waals surface area contributed by atoms with Crippen LogP contribution in [-0.2, 0) is 0 Å². The van der Waals surface area contributed by atoms with Gasteiger partial charge in [-0.15, -0.1) is 0 Å². The van der Waals surface area contributed by atoms with Gasteiger partial charge in [-0.05, 0) is 49.9 Å². The Balaban J connectivity index is 1.84. The monoisotopic (exact) mass is 353 g/mol. The number of carbonyl (C=O) groups is 1. The Morgan fingerprint density at radius 3 is 2.81 bits per heavy atom. The maximum atomic E-state index is 14.8. The van der Waals surface area contributed by atoms with Gasteiger partial charge in [0.05, 0.1) is 29.0 Å². The number of hydrogen-bond donors (Lipinski definition) is 2. The van der Waals surface area contributed by atoms with Gasteiger partial charge >= 0.3 is 0 Å². The molecule has 0 spiro atoms.